The summed E-state index contributed by atoms with van der Waals surface area (Å²) in [5.41, 5.74) is 4.28. The first-order valence-corrected chi connectivity index (χ1v) is 7.10. The maximum absolute atomic E-state index is 6.28. The molecule has 0 aliphatic carbocycles. The quantitative estimate of drug-likeness (QED) is 0.561. The molecular formula is C16H11ClN4O. The smallest absolute Gasteiger partial charge is 0.228 e. The van der Waals surface area contributed by atoms with Crippen molar-refractivity contribution in [3.05, 3.63) is 59.6 Å². The van der Waals surface area contributed by atoms with Crippen molar-refractivity contribution in [2.75, 3.05) is 0 Å². The van der Waals surface area contributed by atoms with E-state index in [1.54, 1.807) is 12.7 Å². The first-order valence-electron chi connectivity index (χ1n) is 6.73. The molecule has 2 heterocycles. The Hall–Kier alpha value is -2.66. The van der Waals surface area contributed by atoms with Crippen molar-refractivity contribution in [2.24, 2.45) is 0 Å². The van der Waals surface area contributed by atoms with Crippen LogP contribution in [0.15, 0.2) is 53.5 Å². The van der Waals surface area contributed by atoms with Gasteiger partial charge in [0, 0.05) is 0 Å². The Balaban J connectivity index is 1.84. The van der Waals surface area contributed by atoms with E-state index in [1.165, 1.54) is 0 Å². The predicted molar refractivity (Wildman–Crippen MR) is 84.1 cm³/mol. The Morgan fingerprint density at radius 3 is 2.64 bits per heavy atom. The zero-order chi connectivity index (χ0) is 15.1. The van der Waals surface area contributed by atoms with Gasteiger partial charge in [0.25, 0.3) is 0 Å². The van der Waals surface area contributed by atoms with E-state index in [2.05, 4.69) is 15.2 Å². The van der Waals surface area contributed by atoms with Crippen LogP contribution in [-0.4, -0.2) is 19.7 Å². The second-order valence-corrected chi connectivity index (χ2v) is 5.43. The second kappa shape index (κ2) is 4.96. The van der Waals surface area contributed by atoms with Crippen LogP contribution in [0, 0.1) is 6.92 Å². The molecule has 0 aliphatic heterocycles. The Bertz CT molecular complexity index is 960. The largest absolute Gasteiger partial charge is 0.436 e. The van der Waals surface area contributed by atoms with Gasteiger partial charge in [-0.3, -0.25) is 4.57 Å². The van der Waals surface area contributed by atoms with Crippen LogP contribution in [0.4, 0.5) is 0 Å². The number of hydrogen-bond acceptors (Lipinski definition) is 4. The highest BCUT2D eigenvalue weighted by molar-refractivity contribution is 6.33. The molecule has 22 heavy (non-hydrogen) atoms. The van der Waals surface area contributed by atoms with Crippen LogP contribution in [0.3, 0.4) is 0 Å². The maximum Gasteiger partial charge on any atom is 0.228 e. The molecule has 6 heteroatoms. The van der Waals surface area contributed by atoms with Crippen LogP contribution in [0.5, 0.6) is 0 Å². The van der Waals surface area contributed by atoms with Crippen molar-refractivity contribution in [1.29, 1.82) is 0 Å². The summed E-state index contributed by atoms with van der Waals surface area (Å²) in [5, 5.41) is 8.24. The molecule has 0 aliphatic rings. The van der Waals surface area contributed by atoms with E-state index < -0.39 is 0 Å². The Morgan fingerprint density at radius 1 is 1.05 bits per heavy atom. The number of hydrogen-bond donors (Lipinski definition) is 0. The van der Waals surface area contributed by atoms with Crippen molar-refractivity contribution < 1.29 is 4.42 Å². The van der Waals surface area contributed by atoms with Crippen molar-refractivity contribution >= 4 is 22.7 Å². The average Bonchev–Trinajstić information content (AvgIpc) is 3.15. The third kappa shape index (κ3) is 2.16. The summed E-state index contributed by atoms with van der Waals surface area (Å²) in [6.45, 7) is 1.99. The highest BCUT2D eigenvalue weighted by Gasteiger charge is 2.12. The molecule has 0 spiro atoms. The van der Waals surface area contributed by atoms with Crippen LogP contribution in [-0.2, 0) is 0 Å². The number of rotatable bonds is 2. The summed E-state index contributed by atoms with van der Waals surface area (Å²) in [5.74, 6) is 0.515. The van der Waals surface area contributed by atoms with E-state index in [9.17, 15) is 0 Å². The van der Waals surface area contributed by atoms with E-state index in [1.807, 2.05) is 47.9 Å². The molecule has 2 aromatic carbocycles. The van der Waals surface area contributed by atoms with Crippen molar-refractivity contribution in [3.63, 3.8) is 0 Å². The minimum absolute atomic E-state index is 0.515. The van der Waals surface area contributed by atoms with Gasteiger partial charge in [-0.2, -0.15) is 0 Å². The molecule has 0 amide bonds. The lowest BCUT2D eigenvalue weighted by Gasteiger charge is -2.00. The number of oxazole rings is 1. The first kappa shape index (κ1) is 13.0. The number of fused-ring (bicyclic) bond motifs is 1. The zero-order valence-corrected chi connectivity index (χ0v) is 12.4. The van der Waals surface area contributed by atoms with Crippen LogP contribution < -0.4 is 0 Å². The van der Waals surface area contributed by atoms with Gasteiger partial charge in [-0.15, -0.1) is 10.2 Å². The third-order valence-corrected chi connectivity index (χ3v) is 3.76. The number of aromatic nitrogens is 4. The summed E-state index contributed by atoms with van der Waals surface area (Å²) >= 11 is 6.28. The van der Waals surface area contributed by atoms with Crippen molar-refractivity contribution in [2.45, 2.75) is 6.92 Å². The molecule has 4 aromatic rings. The van der Waals surface area contributed by atoms with Crippen LogP contribution >= 0.6 is 11.6 Å². The van der Waals surface area contributed by atoms with E-state index in [4.69, 9.17) is 16.0 Å². The summed E-state index contributed by atoms with van der Waals surface area (Å²) in [6, 6.07) is 11.5. The lowest BCUT2D eigenvalue weighted by atomic mass is 10.1. The summed E-state index contributed by atoms with van der Waals surface area (Å²) in [4.78, 5) is 4.54. The molecule has 0 radical (unpaired) electrons. The van der Waals surface area contributed by atoms with E-state index >= 15 is 0 Å². The van der Waals surface area contributed by atoms with Gasteiger partial charge in [0.1, 0.15) is 18.2 Å². The fourth-order valence-corrected chi connectivity index (χ4v) is 2.64. The standard InChI is InChI=1S/C16H11ClN4O/c1-10-2-4-12(13(17)6-10)16-20-14-7-11(3-5-15(14)22-16)21-8-18-19-9-21/h2-9H,1H3. The average molecular weight is 311 g/mol. The van der Waals surface area contributed by atoms with Gasteiger partial charge in [-0.1, -0.05) is 17.7 Å². The van der Waals surface area contributed by atoms with Gasteiger partial charge in [0.15, 0.2) is 5.58 Å². The highest BCUT2D eigenvalue weighted by atomic mass is 35.5. The third-order valence-electron chi connectivity index (χ3n) is 3.44. The molecule has 0 unspecified atom stereocenters. The number of halogens is 1. The highest BCUT2D eigenvalue weighted by Crippen LogP contribution is 2.31. The number of benzene rings is 2. The molecule has 2 aromatic heterocycles. The normalized spacial score (nSPS) is 11.2. The molecule has 108 valence electrons. The zero-order valence-electron chi connectivity index (χ0n) is 11.7. The monoisotopic (exact) mass is 310 g/mol. The minimum atomic E-state index is 0.515. The predicted octanol–water partition coefficient (Wildman–Crippen LogP) is 4.04. The molecule has 4 rings (SSSR count). The number of aryl methyl sites for hydroxylation is 1. The van der Waals surface area contributed by atoms with Gasteiger partial charge in [-0.25, -0.2) is 4.98 Å². The molecule has 0 N–H and O–H groups in total. The van der Waals surface area contributed by atoms with Crippen LogP contribution in [0.25, 0.3) is 28.2 Å². The summed E-state index contributed by atoms with van der Waals surface area (Å²) in [7, 11) is 0. The van der Waals surface area contributed by atoms with Gasteiger partial charge in [0.05, 0.1) is 16.3 Å². The molecule has 0 saturated carbocycles. The topological polar surface area (TPSA) is 56.7 Å². The van der Waals surface area contributed by atoms with Gasteiger partial charge >= 0.3 is 0 Å². The van der Waals surface area contributed by atoms with Gasteiger partial charge < -0.3 is 4.42 Å². The fourth-order valence-electron chi connectivity index (χ4n) is 2.32. The minimum Gasteiger partial charge on any atom is -0.436 e. The Labute approximate surface area is 131 Å². The molecule has 5 nitrogen and oxygen atoms in total. The Kier molecular flexibility index (Phi) is 2.94. The molecule has 0 saturated heterocycles. The summed E-state index contributed by atoms with van der Waals surface area (Å²) < 4.78 is 7.62. The first-order chi connectivity index (χ1) is 10.7. The lowest BCUT2D eigenvalue weighted by Crippen LogP contribution is -1.88. The van der Waals surface area contributed by atoms with E-state index in [0.29, 0.717) is 16.5 Å². The van der Waals surface area contributed by atoms with Crippen molar-refractivity contribution in [1.82, 2.24) is 19.7 Å². The second-order valence-electron chi connectivity index (χ2n) is 5.02. The maximum atomic E-state index is 6.28. The van der Waals surface area contributed by atoms with Gasteiger partial charge in [-0.05, 0) is 42.8 Å². The van der Waals surface area contributed by atoms with Crippen molar-refractivity contribution in [3.8, 4) is 17.1 Å². The van der Waals surface area contributed by atoms with Gasteiger partial charge in [0.2, 0.25) is 5.89 Å². The number of nitrogens with zero attached hydrogens (tertiary/aromatic N) is 4. The van der Waals surface area contributed by atoms with Crippen LogP contribution in [0.2, 0.25) is 5.02 Å². The molecular weight excluding hydrogens is 300 g/mol. The molecule has 0 fully saturated rings. The van der Waals surface area contributed by atoms with Crippen LogP contribution in [0.1, 0.15) is 5.56 Å². The summed E-state index contributed by atoms with van der Waals surface area (Å²) in [6.07, 6.45) is 3.28. The lowest BCUT2D eigenvalue weighted by molar-refractivity contribution is 0.620. The SMILES string of the molecule is Cc1ccc(-c2nc3cc(-n4cnnc4)ccc3o2)c(Cl)c1. The fraction of sp³-hybridized carbons (Fsp3) is 0.0625. The Morgan fingerprint density at radius 2 is 1.86 bits per heavy atom. The molecule has 0 atom stereocenters. The van der Waals surface area contributed by atoms with E-state index in [-0.39, 0.29) is 0 Å². The van der Waals surface area contributed by atoms with E-state index in [0.717, 1.165) is 22.3 Å². The molecule has 0 bridgehead atoms.